The van der Waals surface area contributed by atoms with Crippen LogP contribution >= 0.6 is 11.6 Å². The SMILES string of the molecule is Cc1cncc(C(=O)c2cc(Cl)ccc2NS(=O)(=O)c2ccc(-c3cnco3)cc2)c1. The molecule has 0 aliphatic heterocycles. The number of aryl methyl sites for hydroxylation is 1. The second kappa shape index (κ2) is 8.33. The van der Waals surface area contributed by atoms with E-state index >= 15 is 0 Å². The number of ketones is 1. The van der Waals surface area contributed by atoms with Crippen molar-refractivity contribution in [1.29, 1.82) is 0 Å². The lowest BCUT2D eigenvalue weighted by Crippen LogP contribution is -2.16. The topological polar surface area (TPSA) is 102 Å². The van der Waals surface area contributed by atoms with Gasteiger partial charge in [0.05, 0.1) is 16.8 Å². The predicted octanol–water partition coefficient (Wildman–Crippen LogP) is 4.73. The number of halogens is 1. The van der Waals surface area contributed by atoms with Crippen LogP contribution in [0.1, 0.15) is 21.5 Å². The third kappa shape index (κ3) is 4.50. The summed E-state index contributed by atoms with van der Waals surface area (Å²) in [5, 5.41) is 0.309. The van der Waals surface area contributed by atoms with E-state index in [4.69, 9.17) is 16.0 Å². The fourth-order valence-corrected chi connectivity index (χ4v) is 4.24. The first kappa shape index (κ1) is 20.8. The molecule has 0 atom stereocenters. The van der Waals surface area contributed by atoms with Gasteiger partial charge < -0.3 is 4.42 Å². The van der Waals surface area contributed by atoms with E-state index in [0.29, 0.717) is 21.9 Å². The van der Waals surface area contributed by atoms with Gasteiger partial charge >= 0.3 is 0 Å². The van der Waals surface area contributed by atoms with E-state index in [2.05, 4.69) is 14.7 Å². The van der Waals surface area contributed by atoms with Crippen LogP contribution in [0.3, 0.4) is 0 Å². The van der Waals surface area contributed by atoms with Crippen LogP contribution in [-0.2, 0) is 10.0 Å². The zero-order valence-electron chi connectivity index (χ0n) is 16.2. The molecule has 4 rings (SSSR count). The van der Waals surface area contributed by atoms with Crippen LogP contribution in [0.5, 0.6) is 0 Å². The third-order valence-electron chi connectivity index (χ3n) is 4.49. The first-order valence-electron chi connectivity index (χ1n) is 9.11. The van der Waals surface area contributed by atoms with Crippen molar-refractivity contribution in [3.05, 3.63) is 95.2 Å². The van der Waals surface area contributed by atoms with Crippen molar-refractivity contribution < 1.29 is 17.6 Å². The van der Waals surface area contributed by atoms with Gasteiger partial charge in [-0.1, -0.05) is 11.6 Å². The minimum absolute atomic E-state index is 0.0290. The summed E-state index contributed by atoms with van der Waals surface area (Å²) in [4.78, 5) is 20.9. The van der Waals surface area contributed by atoms with Crippen molar-refractivity contribution >= 4 is 33.1 Å². The van der Waals surface area contributed by atoms with Crippen LogP contribution in [-0.4, -0.2) is 24.2 Å². The molecule has 9 heteroatoms. The molecule has 0 saturated heterocycles. The zero-order chi connectivity index (χ0) is 22.0. The Morgan fingerprint density at radius 1 is 1.00 bits per heavy atom. The van der Waals surface area contributed by atoms with Crippen LogP contribution in [0.4, 0.5) is 5.69 Å². The minimum Gasteiger partial charge on any atom is -0.444 e. The van der Waals surface area contributed by atoms with Crippen LogP contribution in [0.2, 0.25) is 5.02 Å². The Bertz CT molecular complexity index is 1350. The summed E-state index contributed by atoms with van der Waals surface area (Å²) in [7, 11) is -3.97. The van der Waals surface area contributed by atoms with E-state index < -0.39 is 15.8 Å². The van der Waals surface area contributed by atoms with Crippen molar-refractivity contribution in [3.8, 4) is 11.3 Å². The number of anilines is 1. The van der Waals surface area contributed by atoms with Gasteiger partial charge in [-0.25, -0.2) is 13.4 Å². The summed E-state index contributed by atoms with van der Waals surface area (Å²) >= 11 is 6.08. The maximum atomic E-state index is 13.0. The third-order valence-corrected chi connectivity index (χ3v) is 6.11. The highest BCUT2D eigenvalue weighted by Gasteiger charge is 2.21. The second-order valence-electron chi connectivity index (χ2n) is 6.77. The molecule has 0 radical (unpaired) electrons. The first-order chi connectivity index (χ1) is 14.8. The molecule has 31 heavy (non-hydrogen) atoms. The molecule has 2 heterocycles. The molecule has 0 saturated carbocycles. The summed E-state index contributed by atoms with van der Waals surface area (Å²) in [6, 6.07) is 12.2. The number of nitrogens with one attached hydrogen (secondary N) is 1. The predicted molar refractivity (Wildman–Crippen MR) is 117 cm³/mol. The maximum absolute atomic E-state index is 13.0. The van der Waals surface area contributed by atoms with Crippen molar-refractivity contribution in [2.45, 2.75) is 11.8 Å². The molecule has 1 N–H and O–H groups in total. The molecule has 0 bridgehead atoms. The molecule has 2 aromatic heterocycles. The van der Waals surface area contributed by atoms with Gasteiger partial charge in [0.25, 0.3) is 10.0 Å². The Morgan fingerprint density at radius 2 is 1.77 bits per heavy atom. The molecule has 0 fully saturated rings. The summed E-state index contributed by atoms with van der Waals surface area (Å²) in [5.41, 5.74) is 2.07. The number of hydrogen-bond donors (Lipinski definition) is 1. The lowest BCUT2D eigenvalue weighted by molar-refractivity contribution is 0.103. The molecule has 0 aliphatic rings. The van der Waals surface area contributed by atoms with E-state index in [9.17, 15) is 13.2 Å². The largest absolute Gasteiger partial charge is 0.444 e. The van der Waals surface area contributed by atoms with Gasteiger partial charge in [0.1, 0.15) is 0 Å². The maximum Gasteiger partial charge on any atom is 0.261 e. The fraction of sp³-hybridized carbons (Fsp3) is 0.0455. The number of aromatic nitrogens is 2. The molecule has 0 aliphatic carbocycles. The van der Waals surface area contributed by atoms with E-state index in [0.717, 1.165) is 5.56 Å². The second-order valence-corrected chi connectivity index (χ2v) is 8.88. The number of pyridine rings is 1. The van der Waals surface area contributed by atoms with E-state index in [1.165, 1.54) is 49.1 Å². The Balaban J connectivity index is 1.66. The van der Waals surface area contributed by atoms with Crippen LogP contribution in [0.25, 0.3) is 11.3 Å². The smallest absolute Gasteiger partial charge is 0.261 e. The Kier molecular flexibility index (Phi) is 5.58. The molecule has 2 aromatic carbocycles. The number of oxazole rings is 1. The van der Waals surface area contributed by atoms with Crippen molar-refractivity contribution in [2.75, 3.05) is 4.72 Å². The monoisotopic (exact) mass is 453 g/mol. The number of carbonyl (C=O) groups excluding carboxylic acids is 1. The normalized spacial score (nSPS) is 11.3. The average molecular weight is 454 g/mol. The van der Waals surface area contributed by atoms with E-state index in [-0.39, 0.29) is 16.1 Å². The van der Waals surface area contributed by atoms with Gasteiger partial charge in [0, 0.05) is 34.1 Å². The van der Waals surface area contributed by atoms with Gasteiger partial charge in [-0.15, -0.1) is 0 Å². The van der Waals surface area contributed by atoms with Gasteiger partial charge in [0.2, 0.25) is 0 Å². The summed E-state index contributed by atoms with van der Waals surface area (Å²) in [6.45, 7) is 1.81. The lowest BCUT2D eigenvalue weighted by atomic mass is 10.0. The quantitative estimate of drug-likeness (QED) is 0.423. The molecule has 7 nitrogen and oxygen atoms in total. The number of carbonyl (C=O) groups is 1. The van der Waals surface area contributed by atoms with Gasteiger partial charge in [0.15, 0.2) is 17.9 Å². The zero-order valence-corrected chi connectivity index (χ0v) is 17.8. The Labute approximate surface area is 183 Å². The number of hydrogen-bond acceptors (Lipinski definition) is 6. The highest BCUT2D eigenvalue weighted by Crippen LogP contribution is 2.27. The first-order valence-corrected chi connectivity index (χ1v) is 11.0. The van der Waals surface area contributed by atoms with Crippen molar-refractivity contribution in [2.24, 2.45) is 0 Å². The molecule has 4 aromatic rings. The highest BCUT2D eigenvalue weighted by atomic mass is 35.5. The summed E-state index contributed by atoms with van der Waals surface area (Å²) < 4.78 is 33.6. The number of rotatable bonds is 6. The molecule has 0 amide bonds. The van der Waals surface area contributed by atoms with Crippen LogP contribution < -0.4 is 4.72 Å². The van der Waals surface area contributed by atoms with Crippen LogP contribution in [0.15, 0.2) is 82.8 Å². The highest BCUT2D eigenvalue weighted by molar-refractivity contribution is 7.92. The Hall–Kier alpha value is -3.49. The van der Waals surface area contributed by atoms with Crippen molar-refractivity contribution in [1.82, 2.24) is 9.97 Å². The average Bonchev–Trinajstić information content (AvgIpc) is 3.29. The molecular weight excluding hydrogens is 438 g/mol. The van der Waals surface area contributed by atoms with Gasteiger partial charge in [-0.05, 0) is 61.0 Å². The minimum atomic E-state index is -3.97. The van der Waals surface area contributed by atoms with Crippen LogP contribution in [0, 0.1) is 6.92 Å². The standard InChI is InChI=1S/C22H16ClN3O4S/c1-14-8-16(11-24-10-14)22(27)19-9-17(23)4-7-20(19)26-31(28,29)18-5-2-15(3-6-18)21-12-25-13-30-21/h2-13,26H,1H3. The number of nitrogens with zero attached hydrogens (tertiary/aromatic N) is 2. The van der Waals surface area contributed by atoms with Gasteiger partial charge in [-0.2, -0.15) is 0 Å². The summed E-state index contributed by atoms with van der Waals surface area (Å²) in [6.07, 6.45) is 5.88. The summed E-state index contributed by atoms with van der Waals surface area (Å²) in [5.74, 6) is 0.131. The molecule has 156 valence electrons. The molecule has 0 spiro atoms. The van der Waals surface area contributed by atoms with Gasteiger partial charge in [-0.3, -0.25) is 14.5 Å². The fourth-order valence-electron chi connectivity index (χ4n) is 2.99. The Morgan fingerprint density at radius 3 is 2.45 bits per heavy atom. The van der Waals surface area contributed by atoms with Crippen molar-refractivity contribution in [3.63, 3.8) is 0 Å². The van der Waals surface area contributed by atoms with E-state index in [1.54, 1.807) is 24.4 Å². The molecular formula is C22H16ClN3O4S. The lowest BCUT2D eigenvalue weighted by Gasteiger charge is -2.13. The number of benzene rings is 2. The molecule has 0 unspecified atom stereocenters. The number of sulfonamides is 1. The van der Waals surface area contributed by atoms with E-state index in [1.807, 2.05) is 6.92 Å².